The smallest absolute Gasteiger partial charge is 0.295 e. The lowest BCUT2D eigenvalue weighted by Gasteiger charge is -2.12. The van der Waals surface area contributed by atoms with E-state index in [2.05, 4.69) is 88.7 Å². The minimum Gasteiger partial charge on any atom is -0.465 e. The molecule has 11 nitrogen and oxygen atoms in total. The van der Waals surface area contributed by atoms with Gasteiger partial charge in [-0.05, 0) is 43.9 Å². The first-order valence-corrected chi connectivity index (χ1v) is 13.6. The Morgan fingerprint density at radius 2 is 1.76 bits per heavy atom. The number of hydrazine groups is 2. The fourth-order valence-corrected chi connectivity index (χ4v) is 3.94. The Hall–Kier alpha value is -3.93. The molecule has 1 aliphatic heterocycles. The molecular weight excluding hydrogens is 548 g/mol. The van der Waals surface area contributed by atoms with Crippen LogP contribution in [-0.2, 0) is 36.8 Å². The molecule has 2 heterocycles. The van der Waals surface area contributed by atoms with Gasteiger partial charge >= 0.3 is 0 Å². The predicted molar refractivity (Wildman–Crippen MR) is 159 cm³/mol. The van der Waals surface area contributed by atoms with E-state index in [9.17, 15) is 9.59 Å². The Kier molecular flexibility index (Phi) is 15.0. The van der Waals surface area contributed by atoms with Crippen LogP contribution in [0, 0.1) is 6.92 Å². The van der Waals surface area contributed by atoms with Crippen LogP contribution in [0.3, 0.4) is 0 Å². The van der Waals surface area contributed by atoms with Crippen molar-refractivity contribution in [3.63, 3.8) is 0 Å². The summed E-state index contributed by atoms with van der Waals surface area (Å²) >= 11 is 6.31. The molecule has 1 aliphatic rings. The molecule has 0 radical (unpaired) electrons. The van der Waals surface area contributed by atoms with Crippen LogP contribution in [0.25, 0.3) is 11.1 Å². The van der Waals surface area contributed by atoms with Gasteiger partial charge in [0.25, 0.3) is 12.9 Å². The quantitative estimate of drug-likeness (QED) is 0.159. The number of unbranched alkanes of at least 4 members (excludes halogenated alkanes) is 1. The van der Waals surface area contributed by atoms with Crippen LogP contribution < -0.4 is 16.5 Å². The normalized spacial score (nSPS) is 11.6. The second-order valence-electron chi connectivity index (χ2n) is 9.11. The van der Waals surface area contributed by atoms with Crippen LogP contribution in [-0.4, -0.2) is 48.3 Å². The number of hydrogen-bond donors (Lipinski definition) is 3. The number of methoxy groups -OCH3 is 1. The van der Waals surface area contributed by atoms with E-state index in [-0.39, 0.29) is 12.9 Å². The summed E-state index contributed by atoms with van der Waals surface area (Å²) in [5.41, 5.74) is 14.1. The van der Waals surface area contributed by atoms with Gasteiger partial charge in [-0.25, -0.2) is 10.5 Å². The van der Waals surface area contributed by atoms with Crippen LogP contribution in [0.15, 0.2) is 53.6 Å². The third kappa shape index (κ3) is 10.9. The average Bonchev–Trinajstić information content (AvgIpc) is 3.61. The largest absolute Gasteiger partial charge is 0.465 e. The number of carbonyl (C=O) groups excluding carboxylic acids is 2. The van der Waals surface area contributed by atoms with Crippen molar-refractivity contribution in [2.24, 2.45) is 5.10 Å². The maximum Gasteiger partial charge on any atom is 0.295 e. The van der Waals surface area contributed by atoms with Crippen molar-refractivity contribution in [1.82, 2.24) is 26.0 Å². The lowest BCUT2D eigenvalue weighted by molar-refractivity contribution is -0.138. The van der Waals surface area contributed by atoms with Gasteiger partial charge in [0.05, 0.1) is 11.8 Å². The van der Waals surface area contributed by atoms with Gasteiger partial charge in [-0.2, -0.15) is 0 Å². The lowest BCUT2D eigenvalue weighted by Crippen LogP contribution is -2.35. The van der Waals surface area contributed by atoms with Crippen molar-refractivity contribution in [1.29, 1.82) is 0 Å². The summed E-state index contributed by atoms with van der Waals surface area (Å²) in [5.74, 6) is 1.84. The number of amidine groups is 1. The second kappa shape index (κ2) is 18.4. The van der Waals surface area contributed by atoms with E-state index in [0.29, 0.717) is 18.1 Å². The first-order chi connectivity index (χ1) is 19.9. The Morgan fingerprint density at radius 3 is 2.27 bits per heavy atom. The molecule has 0 spiro atoms. The molecule has 2 aromatic carbocycles. The predicted octanol–water partition coefficient (Wildman–Crippen LogP) is 4.51. The zero-order valence-corrected chi connectivity index (χ0v) is 24.9. The Balaban J connectivity index is 0.000000413. The minimum absolute atomic E-state index is 0.0301. The highest BCUT2D eigenvalue weighted by Crippen LogP contribution is 2.26. The van der Waals surface area contributed by atoms with Crippen molar-refractivity contribution in [2.45, 2.75) is 59.6 Å². The monoisotopic (exact) mass is 586 g/mol. The van der Waals surface area contributed by atoms with Crippen LogP contribution in [0.5, 0.6) is 0 Å². The molecule has 0 amide bonds. The van der Waals surface area contributed by atoms with Gasteiger partial charge < -0.3 is 18.8 Å². The van der Waals surface area contributed by atoms with Crippen molar-refractivity contribution in [3.8, 4) is 11.1 Å². The van der Waals surface area contributed by atoms with Gasteiger partial charge in [0.2, 0.25) is 0 Å². The molecule has 0 aliphatic carbocycles. The van der Waals surface area contributed by atoms with Crippen molar-refractivity contribution in [2.75, 3.05) is 13.9 Å². The third-order valence-electron chi connectivity index (χ3n) is 5.77. The molecule has 0 unspecified atom stereocenters. The summed E-state index contributed by atoms with van der Waals surface area (Å²) in [5, 5.41) is 4.84. The topological polar surface area (TPSA) is 128 Å². The van der Waals surface area contributed by atoms with E-state index >= 15 is 0 Å². The summed E-state index contributed by atoms with van der Waals surface area (Å²) in [4.78, 5) is 23.2. The van der Waals surface area contributed by atoms with Crippen LogP contribution in [0.4, 0.5) is 0 Å². The molecule has 4 rings (SSSR count). The number of ether oxygens (including phenoxy) is 3. The zero-order valence-electron chi connectivity index (χ0n) is 24.1. The number of nitrogens with one attached hydrogen (secondary N) is 3. The number of nitrogens with zero attached hydrogens (tertiary/aromatic N) is 3. The lowest BCUT2D eigenvalue weighted by atomic mass is 9.98. The van der Waals surface area contributed by atoms with E-state index in [1.54, 1.807) is 13.8 Å². The summed E-state index contributed by atoms with van der Waals surface area (Å²) in [6.45, 7) is 9.43. The van der Waals surface area contributed by atoms with Gasteiger partial charge in [0, 0.05) is 25.6 Å². The molecule has 0 bridgehead atoms. The van der Waals surface area contributed by atoms with E-state index in [0.717, 1.165) is 59.9 Å². The van der Waals surface area contributed by atoms with Gasteiger partial charge in [-0.1, -0.05) is 73.5 Å². The molecule has 3 N–H and O–H groups in total. The fourth-order valence-electron chi connectivity index (χ4n) is 3.74. The highest BCUT2D eigenvalue weighted by Gasteiger charge is 2.15. The maximum absolute atomic E-state index is 9.39. The highest BCUT2D eigenvalue weighted by atomic mass is 35.5. The molecule has 3 aromatic rings. The second-order valence-corrected chi connectivity index (χ2v) is 9.47. The molecule has 0 saturated heterocycles. The molecule has 0 saturated carbocycles. The van der Waals surface area contributed by atoms with Crippen molar-refractivity contribution < 1.29 is 23.8 Å². The first-order valence-electron chi connectivity index (χ1n) is 13.2. The molecule has 1 aromatic heterocycles. The van der Waals surface area contributed by atoms with E-state index in [4.69, 9.17) is 11.6 Å². The number of aryl methyl sites for hydroxylation is 1. The van der Waals surface area contributed by atoms with Crippen LogP contribution in [0.1, 0.15) is 56.3 Å². The van der Waals surface area contributed by atoms with E-state index in [1.807, 2.05) is 19.1 Å². The molecule has 41 heavy (non-hydrogen) atoms. The zero-order chi connectivity index (χ0) is 30.0. The first kappa shape index (κ1) is 33.3. The number of rotatable bonds is 12. The Bertz CT molecular complexity index is 1250. The van der Waals surface area contributed by atoms with E-state index in [1.165, 1.54) is 12.7 Å². The molecular formula is C29H39ClN6O5. The molecule has 222 valence electrons. The molecule has 0 atom stereocenters. The summed E-state index contributed by atoms with van der Waals surface area (Å²) in [6, 6.07) is 16.9. The van der Waals surface area contributed by atoms with Gasteiger partial charge in [0.1, 0.15) is 11.0 Å². The number of halogens is 1. The summed E-state index contributed by atoms with van der Waals surface area (Å²) < 4.78 is 15.0. The summed E-state index contributed by atoms with van der Waals surface area (Å²) in [7, 11) is 1.45. The van der Waals surface area contributed by atoms with Crippen molar-refractivity contribution in [3.05, 3.63) is 76.3 Å². The fraction of sp³-hybridized carbons (Fsp3) is 0.379. The van der Waals surface area contributed by atoms with Crippen molar-refractivity contribution >= 4 is 30.4 Å². The van der Waals surface area contributed by atoms with Crippen LogP contribution >= 0.6 is 11.6 Å². The van der Waals surface area contributed by atoms with Gasteiger partial charge in [0.15, 0.2) is 12.6 Å². The number of hydrogen-bond acceptors (Lipinski definition) is 10. The number of hydrazone groups is 1. The number of benzene rings is 2. The van der Waals surface area contributed by atoms with Crippen LogP contribution in [0.2, 0.25) is 5.15 Å². The Morgan fingerprint density at radius 1 is 1.05 bits per heavy atom. The SMILES string of the molecule is CC(C)OC=O.CCCCc1nc(Cl)c(C)n1Cc1ccc(-c2ccccc2C2=NNNN2)cc1.COCOC=O. The van der Waals surface area contributed by atoms with Gasteiger partial charge in [-0.15, -0.1) is 10.6 Å². The maximum atomic E-state index is 9.39. The number of aromatic nitrogens is 2. The highest BCUT2D eigenvalue weighted by molar-refractivity contribution is 6.30. The number of imidazole rings is 1. The Labute approximate surface area is 246 Å². The molecule has 0 fully saturated rings. The molecule has 12 heteroatoms. The van der Waals surface area contributed by atoms with E-state index < -0.39 is 0 Å². The van der Waals surface area contributed by atoms with Gasteiger partial charge in [-0.3, -0.25) is 15.0 Å². The summed E-state index contributed by atoms with van der Waals surface area (Å²) in [6.07, 6.45) is 3.24. The third-order valence-corrected chi connectivity index (χ3v) is 6.13. The standard InChI is InChI=1S/C22H25ClN6.C4H8O2.C3H6O3/c1-3-4-9-20-24-21(23)15(2)29(20)14-16-10-12-17(13-11-16)18-7-5-6-8-19(18)22-25-27-28-26-22;1-4(2)6-3-5;1-5-3-6-2-4/h5-8,10-13,27-28H,3-4,9,14H2,1-2H3,(H,25,26);3-4H,1-2H3;2H,3H2,1H3. The number of carbonyl (C=O) groups is 2. The average molecular weight is 587 g/mol. The minimum atomic E-state index is 0.0301.